The molecule has 0 spiro atoms. The zero-order chi connectivity index (χ0) is 16.6. The molecule has 5 nitrogen and oxygen atoms in total. The van der Waals surface area contributed by atoms with Gasteiger partial charge in [0.1, 0.15) is 11.3 Å². The van der Waals surface area contributed by atoms with Crippen molar-refractivity contribution in [3.05, 3.63) is 48.2 Å². The van der Waals surface area contributed by atoms with E-state index in [0.717, 1.165) is 40.4 Å². The summed E-state index contributed by atoms with van der Waals surface area (Å²) < 4.78 is 10.9. The SMILES string of the molecule is COc1cccc(C2(O)CCN(c3nsc4cccnc34)CC2)c1. The summed E-state index contributed by atoms with van der Waals surface area (Å²) in [6.07, 6.45) is 3.12. The van der Waals surface area contributed by atoms with Crippen molar-refractivity contribution >= 4 is 27.6 Å². The maximum absolute atomic E-state index is 11.1. The Morgan fingerprint density at radius 1 is 1.21 bits per heavy atom. The molecule has 0 atom stereocenters. The number of piperidine rings is 1. The summed E-state index contributed by atoms with van der Waals surface area (Å²) in [5.41, 5.74) is 1.06. The van der Waals surface area contributed by atoms with Crippen LogP contribution in [0.15, 0.2) is 42.6 Å². The first-order valence-electron chi connectivity index (χ1n) is 8.02. The highest BCUT2D eigenvalue weighted by Gasteiger charge is 2.35. The van der Waals surface area contributed by atoms with Gasteiger partial charge in [-0.25, -0.2) is 0 Å². The largest absolute Gasteiger partial charge is 0.497 e. The molecule has 3 heterocycles. The lowest BCUT2D eigenvalue weighted by molar-refractivity contribution is 0.0115. The van der Waals surface area contributed by atoms with Crippen LogP contribution in [0.4, 0.5) is 5.82 Å². The number of hydrogen-bond donors (Lipinski definition) is 1. The minimum atomic E-state index is -0.815. The summed E-state index contributed by atoms with van der Waals surface area (Å²) in [6.45, 7) is 1.51. The summed E-state index contributed by atoms with van der Waals surface area (Å²) in [5.74, 6) is 1.71. The lowest BCUT2D eigenvalue weighted by Crippen LogP contribution is -2.42. The van der Waals surface area contributed by atoms with Crippen molar-refractivity contribution in [2.75, 3.05) is 25.1 Å². The second-order valence-electron chi connectivity index (χ2n) is 6.11. The monoisotopic (exact) mass is 341 g/mol. The van der Waals surface area contributed by atoms with Gasteiger partial charge in [-0.3, -0.25) is 4.98 Å². The number of hydrogen-bond acceptors (Lipinski definition) is 6. The average Bonchev–Trinajstić information content (AvgIpc) is 3.07. The molecule has 1 aliphatic rings. The fourth-order valence-corrected chi connectivity index (χ4v) is 4.02. The standard InChI is InChI=1S/C18H19N3O2S/c1-23-14-5-2-4-13(12-14)18(22)7-10-21(11-8-18)17-16-15(24-20-17)6-3-9-19-16/h2-6,9,12,22H,7-8,10-11H2,1H3. The molecule has 1 saturated heterocycles. The fraction of sp³-hybridized carbons (Fsp3) is 0.333. The van der Waals surface area contributed by atoms with E-state index in [1.54, 1.807) is 13.3 Å². The molecule has 4 rings (SSSR count). The molecule has 124 valence electrons. The van der Waals surface area contributed by atoms with Gasteiger partial charge in [-0.1, -0.05) is 12.1 Å². The normalized spacial score (nSPS) is 17.2. The van der Waals surface area contributed by atoms with Crippen LogP contribution in [0.5, 0.6) is 5.75 Å². The van der Waals surface area contributed by atoms with E-state index in [9.17, 15) is 5.11 Å². The average molecular weight is 341 g/mol. The number of ether oxygens (including phenoxy) is 1. The number of nitrogens with zero attached hydrogens (tertiary/aromatic N) is 3. The van der Waals surface area contributed by atoms with Crippen molar-refractivity contribution in [2.45, 2.75) is 18.4 Å². The van der Waals surface area contributed by atoms with Gasteiger partial charge in [0.15, 0.2) is 5.82 Å². The van der Waals surface area contributed by atoms with E-state index >= 15 is 0 Å². The minimum absolute atomic E-state index is 0.659. The number of aliphatic hydroxyl groups is 1. The molecule has 3 aromatic rings. The van der Waals surface area contributed by atoms with Gasteiger partial charge >= 0.3 is 0 Å². The Bertz CT molecular complexity index is 856. The van der Waals surface area contributed by atoms with E-state index in [-0.39, 0.29) is 0 Å². The van der Waals surface area contributed by atoms with Gasteiger partial charge in [-0.05, 0) is 54.2 Å². The Morgan fingerprint density at radius 2 is 2.04 bits per heavy atom. The van der Waals surface area contributed by atoms with E-state index in [2.05, 4.69) is 14.3 Å². The number of benzene rings is 1. The third-order valence-corrected chi connectivity index (χ3v) is 5.50. The highest BCUT2D eigenvalue weighted by molar-refractivity contribution is 7.13. The smallest absolute Gasteiger partial charge is 0.168 e. The summed E-state index contributed by atoms with van der Waals surface area (Å²) in [4.78, 5) is 6.68. The van der Waals surface area contributed by atoms with Crippen LogP contribution in [-0.4, -0.2) is 34.7 Å². The molecular weight excluding hydrogens is 322 g/mol. The van der Waals surface area contributed by atoms with Crippen LogP contribution in [0, 0.1) is 0 Å². The Morgan fingerprint density at radius 3 is 2.83 bits per heavy atom. The highest BCUT2D eigenvalue weighted by atomic mass is 32.1. The maximum atomic E-state index is 11.1. The second kappa shape index (κ2) is 6.03. The zero-order valence-electron chi connectivity index (χ0n) is 13.5. The summed E-state index contributed by atoms with van der Waals surface area (Å²) in [5, 5.41) is 11.1. The topological polar surface area (TPSA) is 58.5 Å². The lowest BCUT2D eigenvalue weighted by Gasteiger charge is -2.38. The summed E-state index contributed by atoms with van der Waals surface area (Å²) in [6, 6.07) is 11.7. The van der Waals surface area contributed by atoms with Gasteiger partial charge in [0.2, 0.25) is 0 Å². The molecule has 1 aliphatic heterocycles. The predicted molar refractivity (Wildman–Crippen MR) is 95.8 cm³/mol. The highest BCUT2D eigenvalue weighted by Crippen LogP contribution is 2.37. The number of rotatable bonds is 3. The third-order valence-electron chi connectivity index (χ3n) is 4.71. The molecule has 24 heavy (non-hydrogen) atoms. The third kappa shape index (κ3) is 2.61. The Balaban J connectivity index is 1.55. The van der Waals surface area contributed by atoms with Crippen molar-refractivity contribution in [2.24, 2.45) is 0 Å². The molecular formula is C18H19N3O2S. The van der Waals surface area contributed by atoms with E-state index in [1.165, 1.54) is 11.5 Å². The van der Waals surface area contributed by atoms with E-state index in [0.29, 0.717) is 12.8 Å². The van der Waals surface area contributed by atoms with Crippen molar-refractivity contribution in [1.29, 1.82) is 0 Å². The van der Waals surface area contributed by atoms with Crippen LogP contribution < -0.4 is 9.64 Å². The molecule has 0 aliphatic carbocycles. The first-order valence-corrected chi connectivity index (χ1v) is 8.79. The number of fused-ring (bicyclic) bond motifs is 1. The molecule has 1 aromatic carbocycles. The van der Waals surface area contributed by atoms with Crippen molar-refractivity contribution in [3.63, 3.8) is 0 Å². The quantitative estimate of drug-likeness (QED) is 0.793. The van der Waals surface area contributed by atoms with Gasteiger partial charge in [-0.2, -0.15) is 4.37 Å². The van der Waals surface area contributed by atoms with Gasteiger partial charge in [0.25, 0.3) is 0 Å². The molecule has 1 N–H and O–H groups in total. The van der Waals surface area contributed by atoms with Gasteiger partial charge < -0.3 is 14.7 Å². The molecule has 0 saturated carbocycles. The van der Waals surface area contributed by atoms with Crippen LogP contribution in [-0.2, 0) is 5.60 Å². The van der Waals surface area contributed by atoms with Crippen molar-refractivity contribution in [3.8, 4) is 5.75 Å². The molecule has 0 bridgehead atoms. The van der Waals surface area contributed by atoms with Crippen LogP contribution in [0.25, 0.3) is 10.2 Å². The predicted octanol–water partition coefficient (Wildman–Crippen LogP) is 3.19. The number of methoxy groups -OCH3 is 1. The van der Waals surface area contributed by atoms with Crippen molar-refractivity contribution < 1.29 is 9.84 Å². The van der Waals surface area contributed by atoms with Crippen LogP contribution >= 0.6 is 11.5 Å². The first-order chi connectivity index (χ1) is 11.7. The molecule has 2 aromatic heterocycles. The Kier molecular flexibility index (Phi) is 3.86. The van der Waals surface area contributed by atoms with Crippen LogP contribution in [0.1, 0.15) is 18.4 Å². The summed E-state index contributed by atoms with van der Waals surface area (Å²) >= 11 is 1.48. The van der Waals surface area contributed by atoms with E-state index in [4.69, 9.17) is 4.74 Å². The summed E-state index contributed by atoms with van der Waals surface area (Å²) in [7, 11) is 1.64. The number of aromatic nitrogens is 2. The number of anilines is 1. The van der Waals surface area contributed by atoms with Crippen LogP contribution in [0.3, 0.4) is 0 Å². The number of pyridine rings is 1. The fourth-order valence-electron chi connectivity index (χ4n) is 3.26. The molecule has 6 heteroatoms. The van der Waals surface area contributed by atoms with Gasteiger partial charge in [0.05, 0.1) is 17.4 Å². The van der Waals surface area contributed by atoms with Crippen LogP contribution in [0.2, 0.25) is 0 Å². The Labute approximate surface area is 144 Å². The second-order valence-corrected chi connectivity index (χ2v) is 6.91. The maximum Gasteiger partial charge on any atom is 0.168 e. The Hall–Kier alpha value is -2.18. The lowest BCUT2D eigenvalue weighted by atomic mass is 9.84. The molecule has 0 radical (unpaired) electrons. The molecule has 0 unspecified atom stereocenters. The minimum Gasteiger partial charge on any atom is -0.497 e. The molecule has 0 amide bonds. The van der Waals surface area contributed by atoms with E-state index in [1.807, 2.05) is 36.4 Å². The first kappa shape index (κ1) is 15.4. The van der Waals surface area contributed by atoms with E-state index < -0.39 is 5.60 Å². The van der Waals surface area contributed by atoms with Gasteiger partial charge in [-0.15, -0.1) is 0 Å². The van der Waals surface area contributed by atoms with Crippen molar-refractivity contribution in [1.82, 2.24) is 9.36 Å². The van der Waals surface area contributed by atoms with Gasteiger partial charge in [0, 0.05) is 19.3 Å². The molecule has 1 fully saturated rings. The zero-order valence-corrected chi connectivity index (χ0v) is 14.3.